The van der Waals surface area contributed by atoms with Gasteiger partial charge in [0.25, 0.3) is 0 Å². The first kappa shape index (κ1) is 20.7. The number of aliphatic hydroxyl groups excluding tert-OH is 1. The normalized spacial score (nSPS) is 15.2. The molecule has 2 aromatic rings. The summed E-state index contributed by atoms with van der Waals surface area (Å²) >= 11 is 0. The third kappa shape index (κ3) is 4.76. The van der Waals surface area contributed by atoms with E-state index in [4.69, 9.17) is 4.74 Å². The predicted molar refractivity (Wildman–Crippen MR) is 110 cm³/mol. The van der Waals surface area contributed by atoms with Crippen LogP contribution in [0.25, 0.3) is 10.9 Å². The van der Waals surface area contributed by atoms with Gasteiger partial charge in [-0.2, -0.15) is 0 Å². The highest BCUT2D eigenvalue weighted by molar-refractivity contribution is 5.83. The van der Waals surface area contributed by atoms with Crippen molar-refractivity contribution in [3.8, 4) is 5.75 Å². The second-order valence-electron chi connectivity index (χ2n) is 7.57. The van der Waals surface area contributed by atoms with Crippen LogP contribution in [0.4, 0.5) is 0 Å². The Balaban J connectivity index is 2.26. The zero-order valence-electron chi connectivity index (χ0n) is 17.0. The minimum absolute atomic E-state index is 0.212. The van der Waals surface area contributed by atoms with E-state index in [1.807, 2.05) is 24.3 Å². The van der Waals surface area contributed by atoms with Gasteiger partial charge in [-0.3, -0.25) is 4.98 Å². The van der Waals surface area contributed by atoms with Crippen LogP contribution in [0.1, 0.15) is 71.5 Å². The largest absolute Gasteiger partial charge is 0.497 e. The van der Waals surface area contributed by atoms with Gasteiger partial charge in [0.15, 0.2) is 0 Å². The fourth-order valence-corrected chi connectivity index (χ4v) is 4.32. The number of methoxy groups -OCH3 is 1. The molecule has 1 aromatic carbocycles. The average Bonchev–Trinajstić information content (AvgIpc) is 2.67. The Labute approximate surface area is 158 Å². The first-order valence-corrected chi connectivity index (χ1v) is 10.2. The Morgan fingerprint density at radius 1 is 1.08 bits per heavy atom. The van der Waals surface area contributed by atoms with Crippen LogP contribution in [-0.2, 0) is 0 Å². The fourth-order valence-electron chi connectivity index (χ4n) is 4.32. The van der Waals surface area contributed by atoms with Gasteiger partial charge in [-0.15, -0.1) is 0 Å². The lowest BCUT2D eigenvalue weighted by atomic mass is 9.77. The van der Waals surface area contributed by atoms with E-state index in [9.17, 15) is 5.11 Å². The molecule has 1 aromatic heterocycles. The van der Waals surface area contributed by atoms with E-state index in [1.54, 1.807) is 13.3 Å². The fraction of sp³-hybridized carbons (Fsp3) is 0.609. The summed E-state index contributed by atoms with van der Waals surface area (Å²) in [6.07, 6.45) is 7.27. The molecular formula is C23H35NO2. The Kier molecular flexibility index (Phi) is 7.89. The molecule has 3 nitrogen and oxygen atoms in total. The van der Waals surface area contributed by atoms with Gasteiger partial charge < -0.3 is 9.84 Å². The van der Waals surface area contributed by atoms with Gasteiger partial charge in [-0.05, 0) is 54.0 Å². The highest BCUT2D eigenvalue weighted by Gasteiger charge is 2.25. The molecule has 1 heterocycles. The van der Waals surface area contributed by atoms with Crippen molar-refractivity contribution in [3.05, 3.63) is 36.0 Å². The van der Waals surface area contributed by atoms with E-state index < -0.39 is 6.10 Å². The van der Waals surface area contributed by atoms with Crippen LogP contribution in [0.2, 0.25) is 0 Å². The number of pyridine rings is 1. The van der Waals surface area contributed by atoms with E-state index in [-0.39, 0.29) is 5.92 Å². The van der Waals surface area contributed by atoms with Gasteiger partial charge in [0.1, 0.15) is 5.75 Å². The number of ether oxygens (including phenoxy) is 1. The molecule has 1 N–H and O–H groups in total. The lowest BCUT2D eigenvalue weighted by Gasteiger charge is -2.30. The quantitative estimate of drug-likeness (QED) is 0.554. The molecule has 0 radical (unpaired) electrons. The topological polar surface area (TPSA) is 42.4 Å². The standard InChI is InChI=1S/C23H35NO2/c1-6-9-18(17(7-2)8-3)14-16(4)23(25)20-12-13-24-22-11-10-19(26-5)15-21(20)22/h10-13,15-18,23,25H,6-9,14H2,1-5H3/t16-,18?,23-/m0/s1. The molecule has 3 heteroatoms. The monoisotopic (exact) mass is 357 g/mol. The smallest absolute Gasteiger partial charge is 0.119 e. The van der Waals surface area contributed by atoms with Gasteiger partial charge in [-0.25, -0.2) is 0 Å². The van der Waals surface area contributed by atoms with Gasteiger partial charge in [0.05, 0.1) is 18.7 Å². The van der Waals surface area contributed by atoms with Crippen LogP contribution >= 0.6 is 0 Å². The van der Waals surface area contributed by atoms with Crippen LogP contribution in [0.3, 0.4) is 0 Å². The van der Waals surface area contributed by atoms with Gasteiger partial charge >= 0.3 is 0 Å². The lowest BCUT2D eigenvalue weighted by molar-refractivity contribution is 0.0911. The second-order valence-corrected chi connectivity index (χ2v) is 7.57. The molecule has 0 amide bonds. The predicted octanol–water partition coefficient (Wildman–Crippen LogP) is 6.16. The number of aromatic nitrogens is 1. The van der Waals surface area contributed by atoms with Crippen LogP contribution in [-0.4, -0.2) is 17.2 Å². The number of nitrogens with zero attached hydrogens (tertiary/aromatic N) is 1. The SMILES string of the molecule is CCCC(C[C@H](C)[C@H](O)c1ccnc2ccc(OC)cc12)C(CC)CC. The van der Waals surface area contributed by atoms with Crippen molar-refractivity contribution < 1.29 is 9.84 Å². The first-order chi connectivity index (χ1) is 12.5. The molecule has 0 spiro atoms. The number of hydrogen-bond donors (Lipinski definition) is 1. The number of benzene rings is 1. The second kappa shape index (κ2) is 9.91. The van der Waals surface area contributed by atoms with Gasteiger partial charge in [-0.1, -0.05) is 53.4 Å². The Bertz CT molecular complexity index is 681. The molecular weight excluding hydrogens is 322 g/mol. The first-order valence-electron chi connectivity index (χ1n) is 10.2. The molecule has 0 fully saturated rings. The third-order valence-corrected chi connectivity index (χ3v) is 5.89. The maximum absolute atomic E-state index is 11.1. The van der Waals surface area contributed by atoms with Crippen molar-refractivity contribution in [3.63, 3.8) is 0 Å². The summed E-state index contributed by atoms with van der Waals surface area (Å²) < 4.78 is 5.37. The Hall–Kier alpha value is -1.61. The van der Waals surface area contributed by atoms with E-state index >= 15 is 0 Å². The number of hydrogen-bond acceptors (Lipinski definition) is 3. The highest BCUT2D eigenvalue weighted by atomic mass is 16.5. The third-order valence-electron chi connectivity index (χ3n) is 5.89. The highest BCUT2D eigenvalue weighted by Crippen LogP contribution is 2.37. The number of aliphatic hydroxyl groups is 1. The number of rotatable bonds is 10. The summed E-state index contributed by atoms with van der Waals surface area (Å²) in [6.45, 7) is 9.03. The van der Waals surface area contributed by atoms with Crippen molar-refractivity contribution in [2.24, 2.45) is 17.8 Å². The summed E-state index contributed by atoms with van der Waals surface area (Å²) in [7, 11) is 1.67. The molecule has 26 heavy (non-hydrogen) atoms. The Morgan fingerprint density at radius 3 is 2.42 bits per heavy atom. The van der Waals surface area contributed by atoms with Crippen molar-refractivity contribution in [1.82, 2.24) is 4.98 Å². The maximum atomic E-state index is 11.1. The summed E-state index contributed by atoms with van der Waals surface area (Å²) in [5.41, 5.74) is 1.86. The van der Waals surface area contributed by atoms with Crippen LogP contribution in [0.5, 0.6) is 5.75 Å². The molecule has 0 saturated carbocycles. The van der Waals surface area contributed by atoms with Crippen molar-refractivity contribution >= 4 is 10.9 Å². The summed E-state index contributed by atoms with van der Waals surface area (Å²) in [6, 6.07) is 7.81. The van der Waals surface area contributed by atoms with Crippen molar-refractivity contribution in [2.75, 3.05) is 7.11 Å². The van der Waals surface area contributed by atoms with Crippen LogP contribution < -0.4 is 4.74 Å². The summed E-state index contributed by atoms with van der Waals surface area (Å²) in [5.74, 6) is 2.44. The number of fused-ring (bicyclic) bond motifs is 1. The van der Waals surface area contributed by atoms with E-state index in [1.165, 1.54) is 25.7 Å². The zero-order chi connectivity index (χ0) is 19.1. The minimum Gasteiger partial charge on any atom is -0.497 e. The molecule has 1 unspecified atom stereocenters. The minimum atomic E-state index is -0.485. The van der Waals surface area contributed by atoms with E-state index in [0.29, 0.717) is 5.92 Å². The molecule has 0 bridgehead atoms. The van der Waals surface area contributed by atoms with Crippen LogP contribution in [0, 0.1) is 17.8 Å². The maximum Gasteiger partial charge on any atom is 0.119 e. The van der Waals surface area contributed by atoms with Crippen molar-refractivity contribution in [1.29, 1.82) is 0 Å². The average molecular weight is 358 g/mol. The van der Waals surface area contributed by atoms with Crippen LogP contribution in [0.15, 0.2) is 30.5 Å². The molecule has 0 saturated heterocycles. The summed E-state index contributed by atoms with van der Waals surface area (Å²) in [5, 5.41) is 12.1. The summed E-state index contributed by atoms with van der Waals surface area (Å²) in [4.78, 5) is 4.44. The molecule has 3 atom stereocenters. The van der Waals surface area contributed by atoms with Crippen molar-refractivity contribution in [2.45, 2.75) is 65.9 Å². The molecule has 0 aliphatic heterocycles. The molecule has 0 aliphatic rings. The Morgan fingerprint density at radius 2 is 1.81 bits per heavy atom. The lowest BCUT2D eigenvalue weighted by Crippen LogP contribution is -2.20. The van der Waals surface area contributed by atoms with E-state index in [0.717, 1.165) is 34.6 Å². The van der Waals surface area contributed by atoms with Gasteiger partial charge in [0, 0.05) is 11.6 Å². The van der Waals surface area contributed by atoms with Gasteiger partial charge in [0.2, 0.25) is 0 Å². The zero-order valence-corrected chi connectivity index (χ0v) is 17.0. The molecule has 0 aliphatic carbocycles. The molecule has 2 rings (SSSR count). The van der Waals surface area contributed by atoms with E-state index in [2.05, 4.69) is 32.7 Å². The molecule has 144 valence electrons.